The number of nitrogens with one attached hydrogen (secondary N) is 1. The number of furan rings is 1. The molecular weight excluding hydrogens is 210 g/mol. The van der Waals surface area contributed by atoms with Crippen molar-refractivity contribution in [1.29, 1.82) is 0 Å². The van der Waals surface area contributed by atoms with Crippen molar-refractivity contribution in [3.63, 3.8) is 0 Å². The molecule has 0 aliphatic carbocycles. The predicted molar refractivity (Wildman–Crippen MR) is 72.4 cm³/mol. The molecule has 0 radical (unpaired) electrons. The first-order chi connectivity index (χ1) is 7.95. The van der Waals surface area contributed by atoms with Crippen LogP contribution in [0.15, 0.2) is 22.8 Å². The highest BCUT2D eigenvalue weighted by Crippen LogP contribution is 2.34. The first kappa shape index (κ1) is 12.2. The number of aryl methyl sites for hydroxylation is 1. The van der Waals surface area contributed by atoms with E-state index in [-0.39, 0.29) is 5.41 Å². The molecule has 0 aliphatic heterocycles. The molecule has 0 saturated carbocycles. The van der Waals surface area contributed by atoms with Gasteiger partial charge in [0.1, 0.15) is 5.58 Å². The standard InChI is InChI=1S/C15H21NO/c1-10-6-7-12(15(2,3)4)14-13(10)11(8-16-5)9-17-14/h6-7,9,16H,8H2,1-5H3. The van der Waals surface area contributed by atoms with Crippen molar-refractivity contribution in [1.82, 2.24) is 5.32 Å². The van der Waals surface area contributed by atoms with E-state index >= 15 is 0 Å². The van der Waals surface area contributed by atoms with Crippen molar-refractivity contribution in [2.24, 2.45) is 0 Å². The quantitative estimate of drug-likeness (QED) is 0.851. The van der Waals surface area contributed by atoms with Gasteiger partial charge >= 0.3 is 0 Å². The summed E-state index contributed by atoms with van der Waals surface area (Å²) in [5.41, 5.74) is 4.96. The van der Waals surface area contributed by atoms with Crippen LogP contribution in [-0.4, -0.2) is 7.05 Å². The van der Waals surface area contributed by atoms with E-state index < -0.39 is 0 Å². The first-order valence-electron chi connectivity index (χ1n) is 6.10. The Morgan fingerprint density at radius 1 is 1.24 bits per heavy atom. The van der Waals surface area contributed by atoms with Crippen LogP contribution in [0, 0.1) is 6.92 Å². The monoisotopic (exact) mass is 231 g/mol. The summed E-state index contributed by atoms with van der Waals surface area (Å²) in [6, 6.07) is 4.38. The van der Waals surface area contributed by atoms with Crippen LogP contribution < -0.4 is 5.32 Å². The number of benzene rings is 1. The fraction of sp³-hybridized carbons (Fsp3) is 0.467. The minimum absolute atomic E-state index is 0.112. The Kier molecular flexibility index (Phi) is 3.00. The lowest BCUT2D eigenvalue weighted by Crippen LogP contribution is -2.11. The summed E-state index contributed by atoms with van der Waals surface area (Å²) in [5.74, 6) is 0. The summed E-state index contributed by atoms with van der Waals surface area (Å²) in [6.07, 6.45) is 1.88. The Morgan fingerprint density at radius 3 is 2.53 bits per heavy atom. The third kappa shape index (κ3) is 2.09. The van der Waals surface area contributed by atoms with Crippen LogP contribution in [0.5, 0.6) is 0 Å². The fourth-order valence-corrected chi connectivity index (χ4v) is 2.30. The van der Waals surface area contributed by atoms with Crippen LogP contribution >= 0.6 is 0 Å². The van der Waals surface area contributed by atoms with Crippen molar-refractivity contribution in [3.05, 3.63) is 35.1 Å². The molecule has 0 unspecified atom stereocenters. The summed E-state index contributed by atoms with van der Waals surface area (Å²) in [4.78, 5) is 0. The van der Waals surface area contributed by atoms with E-state index in [9.17, 15) is 0 Å². The number of hydrogen-bond donors (Lipinski definition) is 1. The van der Waals surface area contributed by atoms with Crippen LogP contribution in [0.2, 0.25) is 0 Å². The number of rotatable bonds is 2. The van der Waals surface area contributed by atoms with Crippen LogP contribution in [-0.2, 0) is 12.0 Å². The summed E-state index contributed by atoms with van der Waals surface area (Å²) < 4.78 is 5.80. The molecule has 0 amide bonds. The summed E-state index contributed by atoms with van der Waals surface area (Å²) in [5, 5.41) is 4.46. The summed E-state index contributed by atoms with van der Waals surface area (Å²) >= 11 is 0. The minimum atomic E-state index is 0.112. The Bertz CT molecular complexity index is 532. The molecule has 0 saturated heterocycles. The summed E-state index contributed by atoms with van der Waals surface area (Å²) in [6.45, 7) is 9.65. The van der Waals surface area contributed by atoms with Gasteiger partial charge in [-0.25, -0.2) is 0 Å². The van der Waals surface area contributed by atoms with E-state index in [1.54, 1.807) is 0 Å². The maximum absolute atomic E-state index is 5.80. The largest absolute Gasteiger partial charge is 0.464 e. The van der Waals surface area contributed by atoms with Crippen LogP contribution in [0.1, 0.15) is 37.5 Å². The normalized spacial score (nSPS) is 12.3. The van der Waals surface area contributed by atoms with Gasteiger partial charge in [0.2, 0.25) is 0 Å². The lowest BCUT2D eigenvalue weighted by Gasteiger charge is -2.19. The minimum Gasteiger partial charge on any atom is -0.464 e. The van der Waals surface area contributed by atoms with Crippen molar-refractivity contribution < 1.29 is 4.42 Å². The molecule has 92 valence electrons. The van der Waals surface area contributed by atoms with Crippen LogP contribution in [0.3, 0.4) is 0 Å². The molecule has 0 bridgehead atoms. The molecule has 1 N–H and O–H groups in total. The van der Waals surface area contributed by atoms with E-state index in [1.165, 1.54) is 22.1 Å². The molecule has 2 nitrogen and oxygen atoms in total. The van der Waals surface area contributed by atoms with Crippen molar-refractivity contribution in [2.45, 2.75) is 39.7 Å². The molecule has 0 aliphatic rings. The van der Waals surface area contributed by atoms with E-state index in [0.29, 0.717) is 0 Å². The van der Waals surface area contributed by atoms with Gasteiger partial charge < -0.3 is 9.73 Å². The van der Waals surface area contributed by atoms with E-state index in [1.807, 2.05) is 13.3 Å². The van der Waals surface area contributed by atoms with Gasteiger partial charge in [0.15, 0.2) is 0 Å². The zero-order valence-electron chi connectivity index (χ0n) is 11.3. The molecule has 17 heavy (non-hydrogen) atoms. The van der Waals surface area contributed by atoms with Gasteiger partial charge in [0.05, 0.1) is 6.26 Å². The smallest absolute Gasteiger partial charge is 0.138 e. The van der Waals surface area contributed by atoms with Gasteiger partial charge in [-0.05, 0) is 24.9 Å². The zero-order valence-corrected chi connectivity index (χ0v) is 11.3. The molecule has 1 aromatic carbocycles. The maximum Gasteiger partial charge on any atom is 0.138 e. The topological polar surface area (TPSA) is 25.2 Å². The molecule has 2 aromatic rings. The SMILES string of the molecule is CNCc1coc2c(C(C)(C)C)ccc(C)c12. The van der Waals surface area contributed by atoms with Gasteiger partial charge in [-0.1, -0.05) is 32.9 Å². The highest BCUT2D eigenvalue weighted by molar-refractivity contribution is 5.87. The Balaban J connectivity index is 2.71. The predicted octanol–water partition coefficient (Wildman–Crippen LogP) is 3.76. The van der Waals surface area contributed by atoms with Gasteiger partial charge in [0, 0.05) is 23.1 Å². The molecule has 2 rings (SSSR count). The second-order valence-corrected chi connectivity index (χ2v) is 5.68. The number of fused-ring (bicyclic) bond motifs is 1. The number of hydrogen-bond acceptors (Lipinski definition) is 2. The van der Waals surface area contributed by atoms with Gasteiger partial charge in [-0.2, -0.15) is 0 Å². The first-order valence-corrected chi connectivity index (χ1v) is 6.10. The van der Waals surface area contributed by atoms with Crippen molar-refractivity contribution >= 4 is 11.0 Å². The zero-order chi connectivity index (χ0) is 12.6. The van der Waals surface area contributed by atoms with E-state index in [0.717, 1.165) is 12.1 Å². The van der Waals surface area contributed by atoms with Gasteiger partial charge in [-0.15, -0.1) is 0 Å². The van der Waals surface area contributed by atoms with Crippen LogP contribution in [0.25, 0.3) is 11.0 Å². The lowest BCUT2D eigenvalue weighted by atomic mass is 9.85. The molecular formula is C15H21NO. The molecule has 0 fully saturated rings. The van der Waals surface area contributed by atoms with E-state index in [4.69, 9.17) is 4.42 Å². The second kappa shape index (κ2) is 4.19. The van der Waals surface area contributed by atoms with Crippen molar-refractivity contribution in [3.8, 4) is 0 Å². The fourth-order valence-electron chi connectivity index (χ4n) is 2.30. The molecule has 1 heterocycles. The third-order valence-corrected chi connectivity index (χ3v) is 3.18. The maximum atomic E-state index is 5.80. The lowest BCUT2D eigenvalue weighted by molar-refractivity contribution is 0.556. The highest BCUT2D eigenvalue weighted by Gasteiger charge is 2.21. The average Bonchev–Trinajstić information content (AvgIpc) is 2.62. The molecule has 1 aromatic heterocycles. The summed E-state index contributed by atoms with van der Waals surface area (Å²) in [7, 11) is 1.96. The molecule has 0 atom stereocenters. The van der Waals surface area contributed by atoms with Gasteiger partial charge in [-0.3, -0.25) is 0 Å². The van der Waals surface area contributed by atoms with E-state index in [2.05, 4.69) is 45.1 Å². The van der Waals surface area contributed by atoms with Gasteiger partial charge in [0.25, 0.3) is 0 Å². The Labute approximate surface area is 103 Å². The molecule has 0 spiro atoms. The van der Waals surface area contributed by atoms with Crippen molar-refractivity contribution in [2.75, 3.05) is 7.05 Å². The Hall–Kier alpha value is -1.28. The molecule has 2 heteroatoms. The second-order valence-electron chi connectivity index (χ2n) is 5.68. The highest BCUT2D eigenvalue weighted by atomic mass is 16.3. The van der Waals surface area contributed by atoms with Crippen LogP contribution in [0.4, 0.5) is 0 Å². The third-order valence-electron chi connectivity index (χ3n) is 3.18. The average molecular weight is 231 g/mol. The Morgan fingerprint density at radius 2 is 1.94 bits per heavy atom.